The lowest BCUT2D eigenvalue weighted by molar-refractivity contribution is -0.123. The number of amides is 2. The molecule has 0 aliphatic carbocycles. The van der Waals surface area contributed by atoms with Crippen LogP contribution >= 0.6 is 0 Å². The van der Waals surface area contributed by atoms with Gasteiger partial charge in [0, 0.05) is 6.54 Å². The van der Waals surface area contributed by atoms with Crippen LogP contribution in [0.5, 0.6) is 0 Å². The second kappa shape index (κ2) is 3.23. The van der Waals surface area contributed by atoms with Gasteiger partial charge in [-0.25, -0.2) is 4.79 Å². The number of carbonyl (C=O) groups excluding carboxylic acids is 2. The minimum Gasteiger partial charge on any atom is -0.449 e. The van der Waals surface area contributed by atoms with E-state index < -0.39 is 6.09 Å². The average molecular weight is 158 g/mol. The van der Waals surface area contributed by atoms with Crippen molar-refractivity contribution in [2.75, 3.05) is 13.2 Å². The minimum atomic E-state index is -0.829. The third kappa shape index (κ3) is 2.10. The van der Waals surface area contributed by atoms with E-state index in [9.17, 15) is 9.59 Å². The summed E-state index contributed by atoms with van der Waals surface area (Å²) in [4.78, 5) is 21.0. The molecule has 5 nitrogen and oxygen atoms in total. The van der Waals surface area contributed by atoms with Crippen LogP contribution in [0.2, 0.25) is 0 Å². The van der Waals surface area contributed by atoms with Crippen molar-refractivity contribution in [2.45, 2.75) is 6.42 Å². The molecule has 0 aromatic carbocycles. The van der Waals surface area contributed by atoms with Crippen LogP contribution in [0.3, 0.4) is 0 Å². The number of carbonyl (C=O) groups is 2. The van der Waals surface area contributed by atoms with E-state index in [1.54, 1.807) is 0 Å². The van der Waals surface area contributed by atoms with Crippen molar-refractivity contribution < 1.29 is 14.3 Å². The van der Waals surface area contributed by atoms with Crippen LogP contribution in [0.25, 0.3) is 0 Å². The number of nitrogens with one attached hydrogen (secondary N) is 1. The molecule has 0 aromatic rings. The maximum Gasteiger partial charge on any atom is 0.404 e. The Labute approximate surface area is 63.9 Å². The summed E-state index contributed by atoms with van der Waals surface area (Å²) in [5.74, 6) is -0.270. The van der Waals surface area contributed by atoms with Gasteiger partial charge in [-0.1, -0.05) is 0 Å². The van der Waals surface area contributed by atoms with Crippen molar-refractivity contribution in [3.05, 3.63) is 0 Å². The van der Waals surface area contributed by atoms with Gasteiger partial charge in [0.05, 0.1) is 5.92 Å². The molecule has 5 heteroatoms. The van der Waals surface area contributed by atoms with Gasteiger partial charge >= 0.3 is 6.09 Å². The fourth-order valence-electron chi connectivity index (χ4n) is 0.987. The molecule has 1 heterocycles. The largest absolute Gasteiger partial charge is 0.449 e. The Morgan fingerprint density at radius 1 is 1.82 bits per heavy atom. The second-order valence-corrected chi connectivity index (χ2v) is 2.41. The monoisotopic (exact) mass is 158 g/mol. The minimum absolute atomic E-state index is 0.0637. The van der Waals surface area contributed by atoms with Crippen LogP contribution in [-0.2, 0) is 9.53 Å². The number of ether oxygens (including phenoxy) is 1. The molecule has 1 aliphatic rings. The van der Waals surface area contributed by atoms with Gasteiger partial charge < -0.3 is 15.8 Å². The highest BCUT2D eigenvalue weighted by Crippen LogP contribution is 2.08. The van der Waals surface area contributed by atoms with Crippen LogP contribution in [0.1, 0.15) is 6.42 Å². The van der Waals surface area contributed by atoms with E-state index in [1.807, 2.05) is 0 Å². The summed E-state index contributed by atoms with van der Waals surface area (Å²) in [7, 11) is 0. The van der Waals surface area contributed by atoms with Crippen LogP contribution in [-0.4, -0.2) is 25.2 Å². The van der Waals surface area contributed by atoms with Crippen LogP contribution < -0.4 is 11.1 Å². The maximum absolute atomic E-state index is 10.8. The number of hydrogen-bond acceptors (Lipinski definition) is 3. The molecule has 0 spiro atoms. The van der Waals surface area contributed by atoms with Crippen LogP contribution in [0.4, 0.5) is 4.79 Å². The Bertz CT molecular complexity index is 181. The highest BCUT2D eigenvalue weighted by atomic mass is 16.5. The summed E-state index contributed by atoms with van der Waals surface area (Å²) in [6, 6.07) is 0. The van der Waals surface area contributed by atoms with Crippen molar-refractivity contribution in [2.24, 2.45) is 11.7 Å². The standard InChI is InChI=1S/C6H10N2O3/c7-6(10)11-3-4-1-2-8-5(4)9/h4H,1-3H2,(H2,7,10)(H,8,9)/t4-/m0/s1. The molecular formula is C6H10N2O3. The van der Waals surface area contributed by atoms with Gasteiger partial charge in [-0.05, 0) is 6.42 Å². The zero-order valence-electron chi connectivity index (χ0n) is 6.00. The molecule has 1 atom stereocenters. The lowest BCUT2D eigenvalue weighted by atomic mass is 10.1. The average Bonchev–Trinajstić information content (AvgIpc) is 2.31. The molecule has 1 aliphatic heterocycles. The van der Waals surface area contributed by atoms with E-state index in [-0.39, 0.29) is 18.4 Å². The van der Waals surface area contributed by atoms with Gasteiger partial charge in [0.25, 0.3) is 0 Å². The first kappa shape index (κ1) is 7.84. The molecule has 62 valence electrons. The Balaban J connectivity index is 2.26. The first-order chi connectivity index (χ1) is 5.20. The molecule has 0 unspecified atom stereocenters. The molecule has 1 saturated heterocycles. The highest BCUT2D eigenvalue weighted by molar-refractivity contribution is 5.81. The van der Waals surface area contributed by atoms with E-state index in [1.165, 1.54) is 0 Å². The Morgan fingerprint density at radius 3 is 3.00 bits per heavy atom. The van der Waals surface area contributed by atoms with Crippen molar-refractivity contribution in [3.63, 3.8) is 0 Å². The third-order valence-corrected chi connectivity index (χ3v) is 1.59. The number of hydrogen-bond donors (Lipinski definition) is 2. The van der Waals surface area contributed by atoms with Gasteiger partial charge in [0.2, 0.25) is 5.91 Å². The van der Waals surface area contributed by atoms with Crippen LogP contribution in [0, 0.1) is 5.92 Å². The smallest absolute Gasteiger partial charge is 0.404 e. The first-order valence-electron chi connectivity index (χ1n) is 3.40. The Morgan fingerprint density at radius 2 is 2.55 bits per heavy atom. The van der Waals surface area contributed by atoms with Gasteiger partial charge in [-0.15, -0.1) is 0 Å². The van der Waals surface area contributed by atoms with E-state index in [0.717, 1.165) is 0 Å². The van der Waals surface area contributed by atoms with Crippen molar-refractivity contribution in [3.8, 4) is 0 Å². The lowest BCUT2D eigenvalue weighted by Crippen LogP contribution is -2.25. The summed E-state index contributed by atoms with van der Waals surface area (Å²) in [5, 5.41) is 2.62. The molecule has 2 amide bonds. The maximum atomic E-state index is 10.8. The van der Waals surface area contributed by atoms with E-state index in [0.29, 0.717) is 13.0 Å². The Hall–Kier alpha value is -1.26. The summed E-state index contributed by atoms with van der Waals surface area (Å²) >= 11 is 0. The van der Waals surface area contributed by atoms with Crippen molar-refractivity contribution in [1.29, 1.82) is 0 Å². The summed E-state index contributed by atoms with van der Waals surface area (Å²) in [6.07, 6.45) is -0.115. The molecule has 1 fully saturated rings. The number of primary amides is 1. The fourth-order valence-corrected chi connectivity index (χ4v) is 0.987. The Kier molecular flexibility index (Phi) is 2.30. The molecule has 0 bridgehead atoms. The number of nitrogens with two attached hydrogens (primary N) is 1. The zero-order chi connectivity index (χ0) is 8.27. The van der Waals surface area contributed by atoms with Crippen molar-refractivity contribution in [1.82, 2.24) is 5.32 Å². The van der Waals surface area contributed by atoms with Gasteiger partial charge in [0.1, 0.15) is 6.61 Å². The molecule has 0 aromatic heterocycles. The summed E-state index contributed by atoms with van der Waals surface area (Å²) in [6.45, 7) is 0.757. The summed E-state index contributed by atoms with van der Waals surface area (Å²) in [5.41, 5.74) is 4.72. The quantitative estimate of drug-likeness (QED) is 0.553. The van der Waals surface area contributed by atoms with Gasteiger partial charge in [0.15, 0.2) is 0 Å². The predicted molar refractivity (Wildman–Crippen MR) is 36.7 cm³/mol. The topological polar surface area (TPSA) is 81.4 Å². The number of rotatable bonds is 2. The zero-order valence-corrected chi connectivity index (χ0v) is 6.00. The molecule has 0 radical (unpaired) electrons. The van der Waals surface area contributed by atoms with E-state index >= 15 is 0 Å². The molecular weight excluding hydrogens is 148 g/mol. The molecule has 11 heavy (non-hydrogen) atoms. The van der Waals surface area contributed by atoms with Crippen LogP contribution in [0.15, 0.2) is 0 Å². The normalized spacial score (nSPS) is 22.9. The predicted octanol–water partition coefficient (Wildman–Crippen LogP) is -0.782. The summed E-state index contributed by atoms with van der Waals surface area (Å²) < 4.78 is 4.47. The first-order valence-corrected chi connectivity index (χ1v) is 3.40. The molecule has 1 rings (SSSR count). The van der Waals surface area contributed by atoms with E-state index in [4.69, 9.17) is 5.73 Å². The molecule has 3 N–H and O–H groups in total. The molecule has 0 saturated carbocycles. The van der Waals surface area contributed by atoms with E-state index in [2.05, 4.69) is 10.1 Å². The van der Waals surface area contributed by atoms with Gasteiger partial charge in [-0.3, -0.25) is 4.79 Å². The fraction of sp³-hybridized carbons (Fsp3) is 0.667. The van der Waals surface area contributed by atoms with Gasteiger partial charge in [-0.2, -0.15) is 0 Å². The highest BCUT2D eigenvalue weighted by Gasteiger charge is 2.24. The van der Waals surface area contributed by atoms with Crippen molar-refractivity contribution >= 4 is 12.0 Å². The lowest BCUT2D eigenvalue weighted by Gasteiger charge is -2.04. The third-order valence-electron chi connectivity index (χ3n) is 1.59. The SMILES string of the molecule is NC(=O)OC[C@@H]1CCNC1=O. The second-order valence-electron chi connectivity index (χ2n) is 2.41.